The lowest BCUT2D eigenvalue weighted by Crippen LogP contribution is -2.37. The second-order valence-electron chi connectivity index (χ2n) is 7.21. The van der Waals surface area contributed by atoms with Gasteiger partial charge in [-0.25, -0.2) is 4.72 Å². The van der Waals surface area contributed by atoms with Gasteiger partial charge in [-0.2, -0.15) is 8.42 Å². The molecule has 1 unspecified atom stereocenters. The predicted octanol–water partition coefficient (Wildman–Crippen LogP) is 4.48. The molecule has 0 spiro atoms. The third-order valence-corrected chi connectivity index (χ3v) is 5.27. The minimum atomic E-state index is -4.30. The zero-order chi connectivity index (χ0) is 20.2. The molecule has 1 amide bonds. The van der Waals surface area contributed by atoms with Crippen LogP contribution in [0.4, 0.5) is 0 Å². The summed E-state index contributed by atoms with van der Waals surface area (Å²) in [6.45, 7) is 9.52. The van der Waals surface area contributed by atoms with E-state index in [0.29, 0.717) is 5.75 Å². The molecule has 5 nitrogen and oxygen atoms in total. The SMILES string of the molecule is CC(C)c1cccc(C(C)C)c1OS(=O)(=O)NC(=O)C(C)c1ccccc1. The van der Waals surface area contributed by atoms with E-state index in [1.807, 2.05) is 56.7 Å². The molecule has 2 aromatic rings. The number of benzene rings is 2. The van der Waals surface area contributed by atoms with Crippen molar-refractivity contribution in [2.45, 2.75) is 52.4 Å². The van der Waals surface area contributed by atoms with E-state index in [1.165, 1.54) is 0 Å². The molecule has 0 aliphatic heterocycles. The average Bonchev–Trinajstić information content (AvgIpc) is 2.60. The van der Waals surface area contributed by atoms with Gasteiger partial charge >= 0.3 is 10.3 Å². The summed E-state index contributed by atoms with van der Waals surface area (Å²) in [5.74, 6) is -0.792. The standard InChI is InChI=1S/C21H27NO4S/c1-14(2)18-12-9-13-19(15(3)4)20(18)26-27(24,25)22-21(23)16(5)17-10-7-6-8-11-17/h6-16H,1-5H3,(H,22,23). The predicted molar refractivity (Wildman–Crippen MR) is 107 cm³/mol. The molecule has 0 bridgehead atoms. The van der Waals surface area contributed by atoms with E-state index in [1.54, 1.807) is 31.2 Å². The number of nitrogens with one attached hydrogen (secondary N) is 1. The highest BCUT2D eigenvalue weighted by atomic mass is 32.2. The van der Waals surface area contributed by atoms with E-state index in [0.717, 1.165) is 16.7 Å². The molecule has 146 valence electrons. The summed E-state index contributed by atoms with van der Waals surface area (Å²) < 4.78 is 32.5. The van der Waals surface area contributed by atoms with Crippen molar-refractivity contribution < 1.29 is 17.4 Å². The van der Waals surface area contributed by atoms with Crippen LogP contribution in [0.3, 0.4) is 0 Å². The first-order valence-electron chi connectivity index (χ1n) is 9.06. The molecule has 1 atom stereocenters. The third kappa shape index (κ3) is 5.32. The second-order valence-corrected chi connectivity index (χ2v) is 8.49. The first-order chi connectivity index (χ1) is 12.6. The molecule has 0 aliphatic rings. The normalized spacial score (nSPS) is 12.9. The van der Waals surface area contributed by atoms with Crippen molar-refractivity contribution in [1.29, 1.82) is 0 Å². The van der Waals surface area contributed by atoms with Gasteiger partial charge in [0.1, 0.15) is 0 Å². The topological polar surface area (TPSA) is 72.5 Å². The zero-order valence-electron chi connectivity index (χ0n) is 16.4. The van der Waals surface area contributed by atoms with Gasteiger partial charge in [0.25, 0.3) is 0 Å². The van der Waals surface area contributed by atoms with Crippen LogP contribution in [0.15, 0.2) is 48.5 Å². The van der Waals surface area contributed by atoms with Crippen molar-refractivity contribution in [3.63, 3.8) is 0 Å². The minimum Gasteiger partial charge on any atom is -0.366 e. The summed E-state index contributed by atoms with van der Waals surface area (Å²) in [6.07, 6.45) is 0. The summed E-state index contributed by atoms with van der Waals surface area (Å²) in [5, 5.41) is 0. The highest BCUT2D eigenvalue weighted by Gasteiger charge is 2.25. The quantitative estimate of drug-likeness (QED) is 0.758. The van der Waals surface area contributed by atoms with Crippen LogP contribution in [0.1, 0.15) is 69.1 Å². The van der Waals surface area contributed by atoms with Crippen LogP contribution in [0.2, 0.25) is 0 Å². The molecular weight excluding hydrogens is 362 g/mol. The van der Waals surface area contributed by atoms with Crippen LogP contribution >= 0.6 is 0 Å². The van der Waals surface area contributed by atoms with Crippen LogP contribution in [-0.2, 0) is 15.1 Å². The lowest BCUT2D eigenvalue weighted by Gasteiger charge is -2.20. The third-order valence-electron chi connectivity index (χ3n) is 4.43. The fraction of sp³-hybridized carbons (Fsp3) is 0.381. The van der Waals surface area contributed by atoms with E-state index >= 15 is 0 Å². The fourth-order valence-corrected chi connectivity index (χ4v) is 3.69. The minimum absolute atomic E-state index is 0.0767. The summed E-state index contributed by atoms with van der Waals surface area (Å²) in [4.78, 5) is 12.4. The highest BCUT2D eigenvalue weighted by molar-refractivity contribution is 7.85. The Hall–Kier alpha value is -2.34. The number of amides is 1. The Morgan fingerprint density at radius 3 is 1.85 bits per heavy atom. The van der Waals surface area contributed by atoms with Crippen molar-refractivity contribution in [1.82, 2.24) is 4.72 Å². The summed E-state index contributed by atoms with van der Waals surface area (Å²) >= 11 is 0. The summed E-state index contributed by atoms with van der Waals surface area (Å²) in [6, 6.07) is 14.6. The fourth-order valence-electron chi connectivity index (χ4n) is 2.81. The number of rotatable bonds is 7. The van der Waals surface area contributed by atoms with Gasteiger partial charge in [0.2, 0.25) is 5.91 Å². The van der Waals surface area contributed by atoms with E-state index in [9.17, 15) is 13.2 Å². The summed E-state index contributed by atoms with van der Waals surface area (Å²) in [5.41, 5.74) is 2.31. The van der Waals surface area contributed by atoms with Gasteiger partial charge in [0, 0.05) is 0 Å². The number of carbonyl (C=O) groups is 1. The number of para-hydroxylation sites is 1. The molecule has 0 heterocycles. The highest BCUT2D eigenvalue weighted by Crippen LogP contribution is 2.35. The monoisotopic (exact) mass is 389 g/mol. The first-order valence-corrected chi connectivity index (χ1v) is 10.5. The Bertz CT molecular complexity index is 863. The molecule has 6 heteroatoms. The largest absolute Gasteiger partial charge is 0.409 e. The van der Waals surface area contributed by atoms with Crippen LogP contribution in [0.5, 0.6) is 5.75 Å². The van der Waals surface area contributed by atoms with Gasteiger partial charge < -0.3 is 4.18 Å². The summed E-state index contributed by atoms with van der Waals surface area (Å²) in [7, 11) is -4.30. The molecule has 27 heavy (non-hydrogen) atoms. The van der Waals surface area contributed by atoms with Crippen LogP contribution in [0, 0.1) is 0 Å². The Kier molecular flexibility index (Phi) is 6.65. The van der Waals surface area contributed by atoms with Crippen molar-refractivity contribution in [3.05, 3.63) is 65.2 Å². The molecule has 1 N–H and O–H groups in total. The zero-order valence-corrected chi connectivity index (χ0v) is 17.2. The molecule has 0 saturated carbocycles. The smallest absolute Gasteiger partial charge is 0.366 e. The Morgan fingerprint density at radius 1 is 0.852 bits per heavy atom. The number of hydrogen-bond donors (Lipinski definition) is 1. The van der Waals surface area contributed by atoms with Crippen LogP contribution in [-0.4, -0.2) is 14.3 Å². The van der Waals surface area contributed by atoms with Crippen molar-refractivity contribution in [2.24, 2.45) is 0 Å². The van der Waals surface area contributed by atoms with Gasteiger partial charge in [-0.05, 0) is 35.4 Å². The molecule has 0 fully saturated rings. The van der Waals surface area contributed by atoms with Crippen molar-refractivity contribution >= 4 is 16.2 Å². The molecule has 2 rings (SSSR count). The van der Waals surface area contributed by atoms with Crippen molar-refractivity contribution in [3.8, 4) is 5.75 Å². The van der Waals surface area contributed by atoms with E-state index < -0.39 is 22.1 Å². The number of carbonyl (C=O) groups excluding carboxylic acids is 1. The van der Waals surface area contributed by atoms with Gasteiger partial charge in [0.15, 0.2) is 5.75 Å². The molecular formula is C21H27NO4S. The molecule has 0 aromatic heterocycles. The lowest BCUT2D eigenvalue weighted by atomic mass is 9.94. The van der Waals surface area contributed by atoms with Crippen LogP contribution < -0.4 is 8.91 Å². The molecule has 0 aliphatic carbocycles. The first kappa shape index (κ1) is 21.0. The maximum Gasteiger partial charge on any atom is 0.409 e. The maximum absolute atomic E-state index is 12.5. The van der Waals surface area contributed by atoms with Crippen molar-refractivity contribution in [2.75, 3.05) is 0 Å². The Morgan fingerprint density at radius 2 is 1.37 bits per heavy atom. The van der Waals surface area contributed by atoms with E-state index in [-0.39, 0.29) is 11.8 Å². The Labute approximate surface area is 162 Å². The lowest BCUT2D eigenvalue weighted by molar-refractivity contribution is -0.120. The van der Waals surface area contributed by atoms with E-state index in [2.05, 4.69) is 0 Å². The maximum atomic E-state index is 12.5. The van der Waals surface area contributed by atoms with Gasteiger partial charge in [-0.3, -0.25) is 4.79 Å². The molecule has 0 saturated heterocycles. The van der Waals surface area contributed by atoms with E-state index in [4.69, 9.17) is 4.18 Å². The van der Waals surface area contributed by atoms with Gasteiger partial charge in [-0.1, -0.05) is 76.2 Å². The van der Waals surface area contributed by atoms with Crippen LogP contribution in [0.25, 0.3) is 0 Å². The van der Waals surface area contributed by atoms with Gasteiger partial charge in [0.05, 0.1) is 5.92 Å². The number of hydrogen-bond acceptors (Lipinski definition) is 4. The van der Waals surface area contributed by atoms with Gasteiger partial charge in [-0.15, -0.1) is 0 Å². The molecule has 0 radical (unpaired) electrons. The average molecular weight is 390 g/mol. The Balaban J connectivity index is 2.27. The molecule has 2 aromatic carbocycles. The second kappa shape index (κ2) is 8.57.